The number of anilines is 1. The van der Waals surface area contributed by atoms with Gasteiger partial charge in [0.25, 0.3) is 5.89 Å². The number of nitrogens with one attached hydrogen (secondary N) is 1. The molecule has 3 rings (SSSR count). The summed E-state index contributed by atoms with van der Waals surface area (Å²) in [6.07, 6.45) is 3.40. The maximum atomic E-state index is 12.6. The van der Waals surface area contributed by atoms with Gasteiger partial charge >= 0.3 is 0 Å². The van der Waals surface area contributed by atoms with E-state index in [0.29, 0.717) is 23.0 Å². The summed E-state index contributed by atoms with van der Waals surface area (Å²) >= 11 is 0. The quantitative estimate of drug-likeness (QED) is 0.565. The van der Waals surface area contributed by atoms with Crippen molar-refractivity contribution < 1.29 is 9.32 Å². The maximum absolute atomic E-state index is 12.6. The van der Waals surface area contributed by atoms with Crippen LogP contribution in [0, 0.1) is 27.7 Å². The normalized spacial score (nSPS) is 11.4. The lowest BCUT2D eigenvalue weighted by Gasteiger charge is -2.10. The molecule has 0 saturated carbocycles. The van der Waals surface area contributed by atoms with E-state index < -0.39 is 0 Å². The van der Waals surface area contributed by atoms with E-state index in [2.05, 4.69) is 41.4 Å². The number of carbonyl (C=O) groups excluding carboxylic acids is 1. The van der Waals surface area contributed by atoms with Crippen LogP contribution < -0.4 is 5.32 Å². The average molecular weight is 389 g/mol. The number of carbonyl (C=O) groups is 1. The second-order valence-corrected chi connectivity index (χ2v) is 7.73. The fourth-order valence-corrected chi connectivity index (χ4v) is 3.08. The van der Waals surface area contributed by atoms with Gasteiger partial charge in [-0.2, -0.15) is 4.98 Å². The SMILES string of the molecule is Cc1cc(C)c(/C=C/C(=O)Nc2c(C)cccc2-c2nc(C(C)C)no2)cc1C. The van der Waals surface area contributed by atoms with Crippen LogP contribution in [0.4, 0.5) is 5.69 Å². The molecule has 2 aromatic carbocycles. The van der Waals surface area contributed by atoms with Crippen LogP contribution in [0.2, 0.25) is 0 Å². The van der Waals surface area contributed by atoms with E-state index in [0.717, 1.165) is 16.7 Å². The zero-order chi connectivity index (χ0) is 21.1. The summed E-state index contributed by atoms with van der Waals surface area (Å²) in [6, 6.07) is 9.95. The molecule has 0 bridgehead atoms. The van der Waals surface area contributed by atoms with Crippen LogP contribution in [-0.4, -0.2) is 16.0 Å². The number of para-hydroxylation sites is 1. The molecule has 5 nitrogen and oxygen atoms in total. The lowest BCUT2D eigenvalue weighted by Crippen LogP contribution is -2.10. The molecule has 0 spiro atoms. The molecule has 1 aromatic heterocycles. The smallest absolute Gasteiger partial charge is 0.260 e. The molecule has 0 aliphatic carbocycles. The zero-order valence-corrected chi connectivity index (χ0v) is 17.8. The van der Waals surface area contributed by atoms with Crippen molar-refractivity contribution in [2.45, 2.75) is 47.5 Å². The Morgan fingerprint density at radius 1 is 1.03 bits per heavy atom. The van der Waals surface area contributed by atoms with E-state index in [1.165, 1.54) is 11.1 Å². The lowest BCUT2D eigenvalue weighted by atomic mass is 10.0. The van der Waals surface area contributed by atoms with Crippen molar-refractivity contribution >= 4 is 17.7 Å². The van der Waals surface area contributed by atoms with Gasteiger partial charge in [0.2, 0.25) is 5.91 Å². The van der Waals surface area contributed by atoms with Crippen LogP contribution in [0.1, 0.15) is 53.4 Å². The second kappa shape index (κ2) is 8.43. The van der Waals surface area contributed by atoms with Gasteiger partial charge in [0.05, 0.1) is 11.3 Å². The highest BCUT2D eigenvalue weighted by Gasteiger charge is 2.17. The molecule has 1 heterocycles. The summed E-state index contributed by atoms with van der Waals surface area (Å²) in [5.74, 6) is 1.01. The Hall–Kier alpha value is -3.21. The molecule has 0 fully saturated rings. The van der Waals surface area contributed by atoms with E-state index in [4.69, 9.17) is 4.52 Å². The third-order valence-electron chi connectivity index (χ3n) is 5.01. The molecule has 0 unspecified atom stereocenters. The van der Waals surface area contributed by atoms with E-state index in [1.807, 2.05) is 52.0 Å². The highest BCUT2D eigenvalue weighted by atomic mass is 16.5. The molecule has 1 amide bonds. The molecular formula is C24H27N3O2. The highest BCUT2D eigenvalue weighted by molar-refractivity contribution is 6.04. The van der Waals surface area contributed by atoms with Crippen molar-refractivity contribution in [2.24, 2.45) is 0 Å². The van der Waals surface area contributed by atoms with Gasteiger partial charge < -0.3 is 9.84 Å². The largest absolute Gasteiger partial charge is 0.334 e. The van der Waals surface area contributed by atoms with Crippen LogP contribution in [0.15, 0.2) is 40.9 Å². The maximum Gasteiger partial charge on any atom is 0.260 e. The molecule has 0 aliphatic heterocycles. The number of amides is 1. The summed E-state index contributed by atoms with van der Waals surface area (Å²) < 4.78 is 5.43. The van der Waals surface area contributed by atoms with Crippen molar-refractivity contribution in [3.63, 3.8) is 0 Å². The summed E-state index contributed by atoms with van der Waals surface area (Å²) in [5.41, 5.74) is 6.94. The average Bonchev–Trinajstić information content (AvgIpc) is 3.15. The Labute approximate surface area is 171 Å². The van der Waals surface area contributed by atoms with Gasteiger partial charge in [-0.3, -0.25) is 4.79 Å². The fraction of sp³-hybridized carbons (Fsp3) is 0.292. The number of rotatable bonds is 5. The van der Waals surface area contributed by atoms with E-state index >= 15 is 0 Å². The third-order valence-corrected chi connectivity index (χ3v) is 5.01. The number of hydrogen-bond donors (Lipinski definition) is 1. The summed E-state index contributed by atoms with van der Waals surface area (Å²) in [4.78, 5) is 17.1. The first kappa shape index (κ1) is 20.5. The molecule has 3 aromatic rings. The molecule has 29 heavy (non-hydrogen) atoms. The molecule has 150 valence electrons. The van der Waals surface area contributed by atoms with Gasteiger partial charge in [-0.15, -0.1) is 0 Å². The zero-order valence-electron chi connectivity index (χ0n) is 17.8. The third kappa shape index (κ3) is 4.62. The second-order valence-electron chi connectivity index (χ2n) is 7.73. The minimum Gasteiger partial charge on any atom is -0.334 e. The number of nitrogens with zero attached hydrogens (tertiary/aromatic N) is 2. The minimum absolute atomic E-state index is 0.166. The van der Waals surface area contributed by atoms with E-state index in [9.17, 15) is 4.79 Å². The standard InChI is InChI=1S/C24H27N3O2/c1-14(2)23-26-24(29-27-23)20-9-7-8-15(3)22(20)25-21(28)11-10-19-13-17(5)16(4)12-18(19)6/h7-14H,1-6H3,(H,25,28)/b11-10+. The van der Waals surface area contributed by atoms with E-state index in [1.54, 1.807) is 6.08 Å². The molecular weight excluding hydrogens is 362 g/mol. The van der Waals surface area contributed by atoms with Gasteiger partial charge in [0.1, 0.15) is 0 Å². The lowest BCUT2D eigenvalue weighted by molar-refractivity contribution is -0.111. The van der Waals surface area contributed by atoms with Crippen molar-refractivity contribution in [3.05, 3.63) is 70.0 Å². The van der Waals surface area contributed by atoms with Gasteiger partial charge in [-0.1, -0.05) is 43.3 Å². The Kier molecular flexibility index (Phi) is 5.97. The molecule has 0 radical (unpaired) electrons. The molecule has 0 atom stereocenters. The van der Waals surface area contributed by atoms with Crippen molar-refractivity contribution in [3.8, 4) is 11.5 Å². The number of aromatic nitrogens is 2. The Balaban J connectivity index is 1.86. The number of benzene rings is 2. The first-order chi connectivity index (χ1) is 13.8. The number of aryl methyl sites for hydroxylation is 4. The Bertz CT molecular complexity index is 1080. The summed E-state index contributed by atoms with van der Waals surface area (Å²) in [7, 11) is 0. The van der Waals surface area contributed by atoms with E-state index in [-0.39, 0.29) is 11.8 Å². The van der Waals surface area contributed by atoms with Gasteiger partial charge in [-0.25, -0.2) is 0 Å². The van der Waals surface area contributed by atoms with Crippen LogP contribution >= 0.6 is 0 Å². The molecule has 0 aliphatic rings. The predicted molar refractivity (Wildman–Crippen MR) is 117 cm³/mol. The molecule has 1 N–H and O–H groups in total. The highest BCUT2D eigenvalue weighted by Crippen LogP contribution is 2.30. The van der Waals surface area contributed by atoms with Crippen LogP contribution in [-0.2, 0) is 4.79 Å². The van der Waals surface area contributed by atoms with Crippen LogP contribution in [0.5, 0.6) is 0 Å². The van der Waals surface area contributed by atoms with Gasteiger partial charge in [-0.05, 0) is 67.7 Å². The van der Waals surface area contributed by atoms with Crippen molar-refractivity contribution in [1.82, 2.24) is 10.1 Å². The van der Waals surface area contributed by atoms with Crippen molar-refractivity contribution in [1.29, 1.82) is 0 Å². The monoisotopic (exact) mass is 389 g/mol. The Morgan fingerprint density at radius 3 is 2.45 bits per heavy atom. The topological polar surface area (TPSA) is 68.0 Å². The van der Waals surface area contributed by atoms with Crippen LogP contribution in [0.3, 0.4) is 0 Å². The summed E-state index contributed by atoms with van der Waals surface area (Å²) in [6.45, 7) is 12.2. The predicted octanol–water partition coefficient (Wildman–Crippen LogP) is 5.75. The summed E-state index contributed by atoms with van der Waals surface area (Å²) in [5, 5.41) is 7.01. The minimum atomic E-state index is -0.207. The fourth-order valence-electron chi connectivity index (χ4n) is 3.08. The molecule has 0 saturated heterocycles. The molecule has 5 heteroatoms. The Morgan fingerprint density at radius 2 is 1.76 bits per heavy atom. The van der Waals surface area contributed by atoms with Crippen LogP contribution in [0.25, 0.3) is 17.5 Å². The first-order valence-electron chi connectivity index (χ1n) is 9.76. The first-order valence-corrected chi connectivity index (χ1v) is 9.76. The van der Waals surface area contributed by atoms with Gasteiger partial charge in [0, 0.05) is 12.0 Å². The van der Waals surface area contributed by atoms with Crippen molar-refractivity contribution in [2.75, 3.05) is 5.32 Å². The van der Waals surface area contributed by atoms with Gasteiger partial charge in [0.15, 0.2) is 5.82 Å². The number of hydrogen-bond acceptors (Lipinski definition) is 4.